The Morgan fingerprint density at radius 1 is 1.21 bits per heavy atom. The van der Waals surface area contributed by atoms with Crippen molar-refractivity contribution < 1.29 is 4.42 Å². The Kier molecular flexibility index (Phi) is 4.04. The summed E-state index contributed by atoms with van der Waals surface area (Å²) in [6, 6.07) is 6.82. The lowest BCUT2D eigenvalue weighted by Gasteiger charge is -2.08. The highest BCUT2D eigenvalue weighted by molar-refractivity contribution is 9.10. The Balaban J connectivity index is 1.81. The second-order valence-corrected chi connectivity index (χ2v) is 7.73. The zero-order valence-corrected chi connectivity index (χ0v) is 17.6. The number of benzene rings is 1. The number of hydrogen-bond acceptors (Lipinski definition) is 6. The Morgan fingerprint density at radius 3 is 2.83 bits per heavy atom. The number of hydrogen-bond donors (Lipinski definition) is 0. The minimum absolute atomic E-state index is 0.119. The number of pyridine rings is 1. The van der Waals surface area contributed by atoms with Gasteiger partial charge in [0.25, 0.3) is 0 Å². The van der Waals surface area contributed by atoms with Gasteiger partial charge in [-0.15, -0.1) is 0 Å². The largest absolute Gasteiger partial charge is 0.401 e. The first-order valence-electron chi connectivity index (χ1n) is 8.57. The average Bonchev–Trinajstić information content (AvgIpc) is 3.25. The summed E-state index contributed by atoms with van der Waals surface area (Å²) in [5, 5.41) is 10.5. The van der Waals surface area contributed by atoms with Gasteiger partial charge in [-0.3, -0.25) is 4.68 Å². The molecule has 0 radical (unpaired) electrons. The van der Waals surface area contributed by atoms with Crippen LogP contribution in [0.5, 0.6) is 0 Å². The molecule has 0 atom stereocenters. The van der Waals surface area contributed by atoms with Crippen LogP contribution in [0.3, 0.4) is 0 Å². The summed E-state index contributed by atoms with van der Waals surface area (Å²) in [4.78, 5) is 21.7. The van der Waals surface area contributed by atoms with Crippen molar-refractivity contribution >= 4 is 49.3 Å². The molecule has 0 unspecified atom stereocenters. The fourth-order valence-corrected chi connectivity index (χ4v) is 3.89. The van der Waals surface area contributed by atoms with E-state index in [1.807, 2.05) is 20.2 Å². The van der Waals surface area contributed by atoms with Crippen LogP contribution < -0.4 is 5.63 Å². The van der Waals surface area contributed by atoms with Crippen molar-refractivity contribution in [2.24, 2.45) is 7.05 Å². The molecule has 0 bridgehead atoms. The molecule has 8 nitrogen and oxygen atoms in total. The maximum Gasteiger partial charge on any atom is 0.347 e. The van der Waals surface area contributed by atoms with Crippen molar-refractivity contribution in [1.82, 2.24) is 29.5 Å². The van der Waals surface area contributed by atoms with E-state index in [0.29, 0.717) is 37.6 Å². The Hall–Kier alpha value is -3.04. The third kappa shape index (κ3) is 2.85. The lowest BCUT2D eigenvalue weighted by Crippen LogP contribution is -2.08. The molecule has 0 fully saturated rings. The molecular weight excluding hydrogens is 460 g/mol. The summed E-state index contributed by atoms with van der Waals surface area (Å²) in [6.45, 7) is 1.91. The molecule has 0 amide bonds. The summed E-state index contributed by atoms with van der Waals surface area (Å²) in [5.41, 5.74) is 2.06. The number of nitrogens with zero attached hydrogens (tertiary/aromatic N) is 6. The van der Waals surface area contributed by atoms with Crippen LogP contribution in [-0.4, -0.2) is 29.5 Å². The molecule has 0 saturated heterocycles. The number of rotatable bonds is 2. The van der Waals surface area contributed by atoms with E-state index in [2.05, 4.69) is 36.1 Å². The van der Waals surface area contributed by atoms with Gasteiger partial charge in [0.15, 0.2) is 5.82 Å². The van der Waals surface area contributed by atoms with Crippen LogP contribution in [0, 0.1) is 6.92 Å². The van der Waals surface area contributed by atoms with E-state index in [0.717, 1.165) is 10.9 Å². The topological polar surface area (TPSA) is 91.6 Å². The summed E-state index contributed by atoms with van der Waals surface area (Å²) >= 11 is 9.64. The van der Waals surface area contributed by atoms with Gasteiger partial charge in [-0.1, -0.05) is 11.6 Å². The lowest BCUT2D eigenvalue weighted by atomic mass is 10.1. The van der Waals surface area contributed by atoms with Crippen LogP contribution in [0.25, 0.3) is 39.2 Å². The SMILES string of the molecule is Cc1c2cn(C)nc2cc2c(=O)oc(-c3cc(Br)nn3-c3ncccc3Cl)nc12. The average molecular weight is 472 g/mol. The zero-order chi connectivity index (χ0) is 20.3. The van der Waals surface area contributed by atoms with Crippen LogP contribution in [0.4, 0.5) is 0 Å². The monoisotopic (exact) mass is 470 g/mol. The highest BCUT2D eigenvalue weighted by Crippen LogP contribution is 2.29. The van der Waals surface area contributed by atoms with Crippen LogP contribution in [0.1, 0.15) is 5.56 Å². The van der Waals surface area contributed by atoms with Crippen LogP contribution in [-0.2, 0) is 7.05 Å². The summed E-state index contributed by atoms with van der Waals surface area (Å²) in [7, 11) is 1.83. The van der Waals surface area contributed by atoms with Crippen molar-refractivity contribution in [3.05, 3.63) is 62.3 Å². The number of halogens is 2. The van der Waals surface area contributed by atoms with Gasteiger partial charge in [0.05, 0.1) is 21.4 Å². The molecule has 0 spiro atoms. The molecule has 4 aromatic heterocycles. The number of aryl methyl sites for hydroxylation is 2. The fraction of sp³-hybridized carbons (Fsp3) is 0.105. The second-order valence-electron chi connectivity index (χ2n) is 6.51. The van der Waals surface area contributed by atoms with Gasteiger partial charge < -0.3 is 4.42 Å². The summed E-state index contributed by atoms with van der Waals surface area (Å²) in [6.07, 6.45) is 3.50. The maximum absolute atomic E-state index is 12.8. The molecule has 1 aromatic carbocycles. The summed E-state index contributed by atoms with van der Waals surface area (Å²) < 4.78 is 9.27. The van der Waals surface area contributed by atoms with Gasteiger partial charge in [0.2, 0.25) is 5.89 Å². The quantitative estimate of drug-likeness (QED) is 0.386. The van der Waals surface area contributed by atoms with Crippen molar-refractivity contribution in [1.29, 1.82) is 0 Å². The van der Waals surface area contributed by atoms with Crippen molar-refractivity contribution in [2.75, 3.05) is 0 Å². The third-order valence-electron chi connectivity index (χ3n) is 4.61. The molecule has 5 aromatic rings. The van der Waals surface area contributed by atoms with Crippen LogP contribution >= 0.6 is 27.5 Å². The minimum atomic E-state index is -0.503. The van der Waals surface area contributed by atoms with Gasteiger partial charge in [0.1, 0.15) is 10.3 Å². The standard InChI is InChI=1S/C19H12BrClN6O2/c1-9-11-8-26(2)24-13(11)6-10-16(9)23-18(29-19(10)28)14-7-15(20)25-27(14)17-12(21)4-3-5-22-17/h3-8H,1-2H3. The number of aromatic nitrogens is 6. The van der Waals surface area contributed by atoms with E-state index in [-0.39, 0.29) is 5.89 Å². The van der Waals surface area contributed by atoms with Crippen molar-refractivity contribution in [3.63, 3.8) is 0 Å². The smallest absolute Gasteiger partial charge is 0.347 e. The molecular formula is C19H12BrClN6O2. The Labute approximate surface area is 176 Å². The van der Waals surface area contributed by atoms with Crippen LogP contribution in [0.15, 0.2) is 50.5 Å². The highest BCUT2D eigenvalue weighted by Gasteiger charge is 2.20. The van der Waals surface area contributed by atoms with E-state index in [4.69, 9.17) is 16.0 Å². The molecule has 5 rings (SSSR count). The Morgan fingerprint density at radius 2 is 2.03 bits per heavy atom. The molecule has 0 aliphatic heterocycles. The fourth-order valence-electron chi connectivity index (χ4n) is 3.31. The van der Waals surface area contributed by atoms with Gasteiger partial charge in [-0.2, -0.15) is 10.2 Å². The molecule has 29 heavy (non-hydrogen) atoms. The zero-order valence-electron chi connectivity index (χ0n) is 15.2. The molecule has 0 aliphatic carbocycles. The highest BCUT2D eigenvalue weighted by atomic mass is 79.9. The first-order chi connectivity index (χ1) is 13.9. The van der Waals surface area contributed by atoms with Gasteiger partial charge in [-0.05, 0) is 46.6 Å². The minimum Gasteiger partial charge on any atom is -0.401 e. The molecule has 0 aliphatic rings. The Bertz CT molecular complexity index is 1490. The second kappa shape index (κ2) is 6.50. The van der Waals surface area contributed by atoms with E-state index < -0.39 is 5.63 Å². The van der Waals surface area contributed by atoms with E-state index in [1.165, 1.54) is 4.68 Å². The first kappa shape index (κ1) is 18.0. The molecule has 0 saturated carbocycles. The third-order valence-corrected chi connectivity index (χ3v) is 5.30. The lowest BCUT2D eigenvalue weighted by molar-refractivity contribution is 0.513. The van der Waals surface area contributed by atoms with E-state index >= 15 is 0 Å². The van der Waals surface area contributed by atoms with E-state index in [1.54, 1.807) is 35.1 Å². The van der Waals surface area contributed by atoms with Crippen molar-refractivity contribution in [3.8, 4) is 17.4 Å². The van der Waals surface area contributed by atoms with Gasteiger partial charge in [-0.25, -0.2) is 19.4 Å². The molecule has 0 N–H and O–H groups in total. The van der Waals surface area contributed by atoms with Gasteiger partial charge >= 0.3 is 5.63 Å². The summed E-state index contributed by atoms with van der Waals surface area (Å²) in [5.74, 6) is 0.521. The first-order valence-corrected chi connectivity index (χ1v) is 9.74. The van der Waals surface area contributed by atoms with E-state index in [9.17, 15) is 4.79 Å². The van der Waals surface area contributed by atoms with Gasteiger partial charge in [0, 0.05) is 30.9 Å². The number of fused-ring (bicyclic) bond motifs is 2. The molecule has 144 valence electrons. The molecule has 4 heterocycles. The van der Waals surface area contributed by atoms with Crippen molar-refractivity contribution in [2.45, 2.75) is 6.92 Å². The van der Waals surface area contributed by atoms with Crippen LogP contribution in [0.2, 0.25) is 5.02 Å². The predicted molar refractivity (Wildman–Crippen MR) is 112 cm³/mol. The normalized spacial score (nSPS) is 11.6. The predicted octanol–water partition coefficient (Wildman–Crippen LogP) is 4.05. The maximum atomic E-state index is 12.8. The molecule has 10 heteroatoms.